The molecule has 1 amide bonds. The van der Waals surface area contributed by atoms with Gasteiger partial charge in [0.25, 0.3) is 0 Å². The Morgan fingerprint density at radius 3 is 2.96 bits per heavy atom. The number of nitrogens with zero attached hydrogens (tertiary/aromatic N) is 2. The zero-order valence-corrected chi connectivity index (χ0v) is 14.6. The predicted molar refractivity (Wildman–Crippen MR) is 95.3 cm³/mol. The molecule has 0 bridgehead atoms. The van der Waals surface area contributed by atoms with Crippen LogP contribution in [0.3, 0.4) is 0 Å². The molecule has 3 rings (SSSR count). The summed E-state index contributed by atoms with van der Waals surface area (Å²) in [6.45, 7) is 8.40. The van der Waals surface area contributed by atoms with Gasteiger partial charge in [-0.15, -0.1) is 6.58 Å². The van der Waals surface area contributed by atoms with Crippen LogP contribution in [0.25, 0.3) is 11.3 Å². The number of benzene rings is 1. The van der Waals surface area contributed by atoms with Crippen molar-refractivity contribution in [2.24, 2.45) is 0 Å². The highest BCUT2D eigenvalue weighted by Crippen LogP contribution is 2.35. The lowest BCUT2D eigenvalue weighted by Crippen LogP contribution is -2.36. The third kappa shape index (κ3) is 3.84. The second kappa shape index (κ2) is 7.42. The van der Waals surface area contributed by atoms with Gasteiger partial charge >= 0.3 is 0 Å². The minimum absolute atomic E-state index is 0.107. The van der Waals surface area contributed by atoms with Crippen LogP contribution >= 0.6 is 0 Å². The average Bonchev–Trinajstić information content (AvgIpc) is 3.25. The van der Waals surface area contributed by atoms with Crippen LogP contribution in [0.2, 0.25) is 0 Å². The molecule has 1 aromatic carbocycles. The number of imidazole rings is 1. The molecule has 2 aromatic rings. The van der Waals surface area contributed by atoms with Crippen molar-refractivity contribution in [2.75, 3.05) is 6.79 Å². The van der Waals surface area contributed by atoms with Gasteiger partial charge < -0.3 is 19.4 Å². The second-order valence-corrected chi connectivity index (χ2v) is 6.25. The van der Waals surface area contributed by atoms with Gasteiger partial charge in [-0.25, -0.2) is 4.98 Å². The first-order chi connectivity index (χ1) is 12.1. The number of carbonyl (C=O) groups is 1. The fraction of sp³-hybridized carbons (Fsp3) is 0.368. The maximum atomic E-state index is 12.4. The minimum atomic E-state index is 0.107. The molecule has 1 aliphatic heterocycles. The number of aromatic amines is 1. The first kappa shape index (κ1) is 17.1. The maximum absolute atomic E-state index is 12.4. The molecule has 0 unspecified atom stereocenters. The fourth-order valence-corrected chi connectivity index (χ4v) is 2.74. The smallest absolute Gasteiger partial charge is 0.231 e. The van der Waals surface area contributed by atoms with Crippen LogP contribution in [0, 0.1) is 0 Å². The molecule has 1 aromatic heterocycles. The third-order valence-corrected chi connectivity index (χ3v) is 4.14. The van der Waals surface area contributed by atoms with Crippen molar-refractivity contribution in [3.05, 3.63) is 42.9 Å². The van der Waals surface area contributed by atoms with Gasteiger partial charge in [-0.2, -0.15) is 0 Å². The van der Waals surface area contributed by atoms with Gasteiger partial charge in [-0.05, 0) is 38.5 Å². The van der Waals surface area contributed by atoms with E-state index in [0.29, 0.717) is 19.4 Å². The quantitative estimate of drug-likeness (QED) is 0.783. The summed E-state index contributed by atoms with van der Waals surface area (Å²) in [7, 11) is 0. The van der Waals surface area contributed by atoms with Gasteiger partial charge in [0.2, 0.25) is 12.7 Å². The Morgan fingerprint density at radius 2 is 2.20 bits per heavy atom. The summed E-state index contributed by atoms with van der Waals surface area (Å²) in [6, 6.07) is 5.88. The molecule has 6 heteroatoms. The summed E-state index contributed by atoms with van der Waals surface area (Å²) in [5.41, 5.74) is 1.85. The minimum Gasteiger partial charge on any atom is -0.454 e. The molecule has 25 heavy (non-hydrogen) atoms. The molecule has 0 saturated heterocycles. The van der Waals surface area contributed by atoms with Crippen molar-refractivity contribution in [3.63, 3.8) is 0 Å². The second-order valence-electron chi connectivity index (χ2n) is 6.25. The number of allylic oxidation sites excluding steroid dienone is 1. The van der Waals surface area contributed by atoms with Crippen molar-refractivity contribution in [3.8, 4) is 22.8 Å². The summed E-state index contributed by atoms with van der Waals surface area (Å²) >= 11 is 0. The molecule has 1 N–H and O–H groups in total. The largest absolute Gasteiger partial charge is 0.454 e. The molecule has 132 valence electrons. The fourth-order valence-electron chi connectivity index (χ4n) is 2.74. The highest BCUT2D eigenvalue weighted by Gasteiger charge is 2.19. The number of hydrogen-bond acceptors (Lipinski definition) is 4. The summed E-state index contributed by atoms with van der Waals surface area (Å²) in [5.74, 6) is 2.35. The van der Waals surface area contributed by atoms with Crippen molar-refractivity contribution >= 4 is 5.91 Å². The van der Waals surface area contributed by atoms with E-state index in [1.165, 1.54) is 0 Å². The van der Waals surface area contributed by atoms with Crippen molar-refractivity contribution in [1.82, 2.24) is 14.9 Å². The number of nitrogens with one attached hydrogen (secondary N) is 1. The first-order valence-electron chi connectivity index (χ1n) is 8.42. The van der Waals surface area contributed by atoms with E-state index in [4.69, 9.17) is 9.47 Å². The van der Waals surface area contributed by atoms with Gasteiger partial charge in [0, 0.05) is 18.0 Å². The molecule has 2 heterocycles. The zero-order chi connectivity index (χ0) is 17.8. The topological polar surface area (TPSA) is 67.5 Å². The SMILES string of the molecule is C=CCCC(=O)N(Cc1ncc(-c2ccc3c(c2)OCO3)[nH]1)C(C)C. The molecule has 1 aliphatic rings. The van der Waals surface area contributed by atoms with Gasteiger partial charge in [0.15, 0.2) is 11.5 Å². The maximum Gasteiger partial charge on any atom is 0.231 e. The Kier molecular flexibility index (Phi) is 5.07. The normalized spacial score (nSPS) is 12.4. The Morgan fingerprint density at radius 1 is 1.40 bits per heavy atom. The molecular weight excluding hydrogens is 318 g/mol. The number of H-pyrrole nitrogens is 1. The molecule has 0 aliphatic carbocycles. The molecule has 0 radical (unpaired) electrons. The molecule has 0 atom stereocenters. The van der Waals surface area contributed by atoms with E-state index in [1.54, 1.807) is 12.3 Å². The van der Waals surface area contributed by atoms with E-state index >= 15 is 0 Å². The van der Waals surface area contributed by atoms with Crippen LogP contribution in [-0.4, -0.2) is 33.6 Å². The number of fused-ring (bicyclic) bond motifs is 1. The summed E-state index contributed by atoms with van der Waals surface area (Å²) in [5, 5.41) is 0. The molecule has 0 saturated carbocycles. The standard InChI is InChI=1S/C19H23N3O3/c1-4-5-6-19(23)22(13(2)3)11-18-20-10-15(21-18)14-7-8-16-17(9-14)25-12-24-16/h4,7-10,13H,1,5-6,11-12H2,2-3H3,(H,20,21). The number of ether oxygens (including phenoxy) is 2. The van der Waals surface area contributed by atoms with E-state index in [2.05, 4.69) is 16.5 Å². The van der Waals surface area contributed by atoms with Crippen LogP contribution in [-0.2, 0) is 11.3 Å². The summed E-state index contributed by atoms with van der Waals surface area (Å²) in [6.07, 6.45) is 4.70. The Labute approximate surface area is 147 Å². The van der Waals surface area contributed by atoms with Crippen LogP contribution < -0.4 is 9.47 Å². The lowest BCUT2D eigenvalue weighted by Gasteiger charge is -2.25. The zero-order valence-electron chi connectivity index (χ0n) is 14.6. The Balaban J connectivity index is 1.74. The molecular formula is C19H23N3O3. The highest BCUT2D eigenvalue weighted by molar-refractivity contribution is 5.76. The van der Waals surface area contributed by atoms with E-state index in [-0.39, 0.29) is 18.7 Å². The average molecular weight is 341 g/mol. The van der Waals surface area contributed by atoms with Gasteiger partial charge in [-0.3, -0.25) is 4.79 Å². The van der Waals surface area contributed by atoms with Gasteiger partial charge in [0.1, 0.15) is 5.82 Å². The van der Waals surface area contributed by atoms with Gasteiger partial charge in [0.05, 0.1) is 18.4 Å². The Hall–Kier alpha value is -2.76. The first-order valence-corrected chi connectivity index (χ1v) is 8.42. The summed E-state index contributed by atoms with van der Waals surface area (Å²) < 4.78 is 10.7. The number of amides is 1. The number of aromatic nitrogens is 2. The van der Waals surface area contributed by atoms with E-state index in [0.717, 1.165) is 28.6 Å². The number of hydrogen-bond donors (Lipinski definition) is 1. The monoisotopic (exact) mass is 341 g/mol. The van der Waals surface area contributed by atoms with E-state index in [9.17, 15) is 4.79 Å². The van der Waals surface area contributed by atoms with E-state index < -0.39 is 0 Å². The van der Waals surface area contributed by atoms with Crippen molar-refractivity contribution in [1.29, 1.82) is 0 Å². The lowest BCUT2D eigenvalue weighted by atomic mass is 10.1. The Bertz CT molecular complexity index is 767. The van der Waals surface area contributed by atoms with E-state index in [1.807, 2.05) is 36.9 Å². The molecule has 0 fully saturated rings. The van der Waals surface area contributed by atoms with Gasteiger partial charge in [-0.1, -0.05) is 6.08 Å². The number of rotatable bonds is 7. The summed E-state index contributed by atoms with van der Waals surface area (Å²) in [4.78, 5) is 21.9. The van der Waals surface area contributed by atoms with Crippen LogP contribution in [0.5, 0.6) is 11.5 Å². The van der Waals surface area contributed by atoms with Crippen LogP contribution in [0.15, 0.2) is 37.1 Å². The van der Waals surface area contributed by atoms with Crippen molar-refractivity contribution in [2.45, 2.75) is 39.3 Å². The third-order valence-electron chi connectivity index (χ3n) is 4.14. The predicted octanol–water partition coefficient (Wildman–Crippen LogP) is 3.51. The molecule has 6 nitrogen and oxygen atoms in total. The van der Waals surface area contributed by atoms with Crippen LogP contribution in [0.1, 0.15) is 32.5 Å². The highest BCUT2D eigenvalue weighted by atomic mass is 16.7. The molecule has 0 spiro atoms. The lowest BCUT2D eigenvalue weighted by molar-refractivity contribution is -0.133. The van der Waals surface area contributed by atoms with Crippen LogP contribution in [0.4, 0.5) is 0 Å². The van der Waals surface area contributed by atoms with Crippen molar-refractivity contribution < 1.29 is 14.3 Å². The number of carbonyl (C=O) groups excluding carboxylic acids is 1.